The molecule has 9 nitrogen and oxygen atoms in total. The SMILES string of the molecule is COc1ccc([C@H](Cc2c(Cl)c[n+](C)cc2Cl)OC(=O)c2ccc(CN(C(=O)O[C@@H]3CCN(C)C3)c3ccccc3F)s2)cc1OC. The number of pyridine rings is 1. The number of hydrogen-bond acceptors (Lipinski definition) is 8. The van der Waals surface area contributed by atoms with Gasteiger partial charge in [-0.3, -0.25) is 4.90 Å². The summed E-state index contributed by atoms with van der Waals surface area (Å²) in [4.78, 5) is 31.2. The first-order valence-corrected chi connectivity index (χ1v) is 16.4. The first-order chi connectivity index (χ1) is 22.6. The van der Waals surface area contributed by atoms with Gasteiger partial charge in [0.25, 0.3) is 0 Å². The Labute approximate surface area is 286 Å². The minimum atomic E-state index is -0.801. The van der Waals surface area contributed by atoms with Crippen LogP contribution >= 0.6 is 34.5 Å². The number of esters is 1. The molecule has 3 heterocycles. The highest BCUT2D eigenvalue weighted by molar-refractivity contribution is 7.14. The zero-order chi connectivity index (χ0) is 33.7. The van der Waals surface area contributed by atoms with Crippen molar-refractivity contribution in [1.29, 1.82) is 0 Å². The van der Waals surface area contributed by atoms with E-state index in [1.807, 2.05) is 14.1 Å². The highest BCUT2D eigenvalue weighted by Gasteiger charge is 2.29. The third kappa shape index (κ3) is 8.34. The second-order valence-electron chi connectivity index (χ2n) is 11.2. The molecule has 2 atom stereocenters. The van der Waals surface area contributed by atoms with Gasteiger partial charge in [-0.05, 0) is 55.4 Å². The van der Waals surface area contributed by atoms with Crippen molar-refractivity contribution in [2.24, 2.45) is 7.05 Å². The molecule has 1 aliphatic rings. The second-order valence-corrected chi connectivity index (χ2v) is 13.2. The third-order valence-corrected chi connectivity index (χ3v) is 9.49. The lowest BCUT2D eigenvalue weighted by Gasteiger charge is -2.24. The summed E-state index contributed by atoms with van der Waals surface area (Å²) in [5, 5.41) is 0.841. The number of hydrogen-bond donors (Lipinski definition) is 0. The number of methoxy groups -OCH3 is 2. The van der Waals surface area contributed by atoms with Crippen LogP contribution in [-0.2, 0) is 29.5 Å². The fourth-order valence-corrected chi connectivity index (χ4v) is 6.95. The van der Waals surface area contributed by atoms with Crippen LogP contribution in [0.5, 0.6) is 11.5 Å². The van der Waals surface area contributed by atoms with E-state index in [9.17, 15) is 14.0 Å². The maximum Gasteiger partial charge on any atom is 0.415 e. The predicted octanol–water partition coefficient (Wildman–Crippen LogP) is 7.02. The van der Waals surface area contributed by atoms with Gasteiger partial charge < -0.3 is 23.8 Å². The maximum absolute atomic E-state index is 14.9. The number of anilines is 1. The van der Waals surface area contributed by atoms with E-state index in [1.165, 1.54) is 31.3 Å². The smallest absolute Gasteiger partial charge is 0.415 e. The molecule has 13 heteroatoms. The average Bonchev–Trinajstić information content (AvgIpc) is 3.69. The number of likely N-dealkylation sites (N-methyl/N-ethyl adjacent to an activating group) is 1. The summed E-state index contributed by atoms with van der Waals surface area (Å²) < 4.78 is 39.4. The summed E-state index contributed by atoms with van der Waals surface area (Å²) in [5.41, 5.74) is 1.33. The number of amides is 1. The van der Waals surface area contributed by atoms with Crippen molar-refractivity contribution >= 4 is 52.3 Å². The van der Waals surface area contributed by atoms with Crippen LogP contribution in [0.1, 0.15) is 38.2 Å². The standard InChI is InChI=1S/C34H35Cl2FN3O6S/c1-38-14-13-22(17-38)45-34(42)40(28-8-6-5-7-27(28)37)18-23-10-12-32(47-23)33(41)46-30(16-24-25(35)19-39(2)20-26(24)36)21-9-11-29(43-3)31(15-21)44-4/h5-12,15,19-20,22,30H,13-14,16-18H2,1-4H3/q+1/t22-,30+/m1/s1. The number of rotatable bonds is 11. The molecule has 0 aliphatic carbocycles. The van der Waals surface area contributed by atoms with Crippen molar-refractivity contribution in [3.05, 3.63) is 104 Å². The third-order valence-electron chi connectivity index (χ3n) is 7.78. The van der Waals surface area contributed by atoms with Crippen LogP contribution in [0.4, 0.5) is 14.9 Å². The molecule has 4 aromatic rings. The Morgan fingerprint density at radius 1 is 1.06 bits per heavy atom. The largest absolute Gasteiger partial charge is 0.493 e. The molecule has 0 N–H and O–H groups in total. The molecule has 0 bridgehead atoms. The number of para-hydroxylation sites is 1. The van der Waals surface area contributed by atoms with E-state index in [1.54, 1.807) is 59.4 Å². The number of aromatic nitrogens is 1. The Morgan fingerprint density at radius 2 is 1.79 bits per heavy atom. The van der Waals surface area contributed by atoms with Gasteiger partial charge in [0, 0.05) is 30.0 Å². The number of benzene rings is 2. The summed E-state index contributed by atoms with van der Waals surface area (Å²) in [6, 6.07) is 14.6. The molecule has 0 spiro atoms. The molecule has 1 saturated heterocycles. The molecule has 0 saturated carbocycles. The van der Waals surface area contributed by atoms with Gasteiger partial charge in [-0.25, -0.2) is 18.5 Å². The first kappa shape index (κ1) is 34.4. The van der Waals surface area contributed by atoms with Crippen molar-refractivity contribution in [2.45, 2.75) is 31.6 Å². The van der Waals surface area contributed by atoms with Crippen LogP contribution in [0.25, 0.3) is 0 Å². The lowest BCUT2D eigenvalue weighted by molar-refractivity contribution is -0.671. The van der Waals surface area contributed by atoms with Crippen LogP contribution < -0.4 is 18.9 Å². The van der Waals surface area contributed by atoms with Gasteiger partial charge in [0.15, 0.2) is 23.9 Å². The fraction of sp³-hybridized carbons (Fsp3) is 0.324. The van der Waals surface area contributed by atoms with E-state index in [0.717, 1.165) is 17.9 Å². The lowest BCUT2D eigenvalue weighted by Crippen LogP contribution is -2.35. The molecular weight excluding hydrogens is 668 g/mol. The van der Waals surface area contributed by atoms with Crippen molar-refractivity contribution < 1.29 is 37.5 Å². The maximum atomic E-state index is 14.9. The Hall–Kier alpha value is -3.90. The fourth-order valence-electron chi connectivity index (χ4n) is 5.36. The molecule has 1 aliphatic heterocycles. The van der Waals surface area contributed by atoms with E-state index in [-0.39, 0.29) is 24.8 Å². The van der Waals surface area contributed by atoms with Crippen LogP contribution in [0.3, 0.4) is 0 Å². The summed E-state index contributed by atoms with van der Waals surface area (Å²) in [5.74, 6) is -0.173. The highest BCUT2D eigenvalue weighted by atomic mass is 35.5. The molecule has 0 unspecified atom stereocenters. The molecule has 0 radical (unpaired) electrons. The van der Waals surface area contributed by atoms with Crippen LogP contribution in [0.2, 0.25) is 10.0 Å². The summed E-state index contributed by atoms with van der Waals surface area (Å²) in [7, 11) is 6.82. The molecule has 248 valence electrons. The van der Waals surface area contributed by atoms with Crippen molar-refractivity contribution in [3.8, 4) is 11.5 Å². The van der Waals surface area contributed by atoms with Gasteiger partial charge in [0.05, 0.1) is 26.5 Å². The number of carbonyl (C=O) groups excluding carboxylic acids is 2. The Balaban J connectivity index is 1.39. The monoisotopic (exact) mass is 702 g/mol. The molecule has 2 aromatic carbocycles. The number of halogens is 3. The molecule has 1 fully saturated rings. The van der Waals surface area contributed by atoms with Gasteiger partial charge in [-0.15, -0.1) is 11.3 Å². The van der Waals surface area contributed by atoms with Gasteiger partial charge in [-0.2, -0.15) is 0 Å². The molecule has 47 heavy (non-hydrogen) atoms. The normalized spacial score (nSPS) is 15.3. The van der Waals surface area contributed by atoms with Crippen LogP contribution in [0, 0.1) is 5.82 Å². The van der Waals surface area contributed by atoms with Crippen molar-refractivity contribution in [1.82, 2.24) is 4.90 Å². The lowest BCUT2D eigenvalue weighted by atomic mass is 10.0. The minimum Gasteiger partial charge on any atom is -0.493 e. The topological polar surface area (TPSA) is 81.4 Å². The van der Waals surface area contributed by atoms with Gasteiger partial charge in [-0.1, -0.05) is 41.4 Å². The number of ether oxygens (including phenoxy) is 4. The van der Waals surface area contributed by atoms with Crippen LogP contribution in [-0.4, -0.2) is 57.4 Å². The number of thiophene rings is 1. The Kier molecular flexibility index (Phi) is 11.2. The zero-order valence-electron chi connectivity index (χ0n) is 26.4. The van der Waals surface area contributed by atoms with E-state index in [2.05, 4.69) is 4.90 Å². The number of aryl methyl sites for hydroxylation is 1. The minimum absolute atomic E-state index is 0.00830. The van der Waals surface area contributed by atoms with E-state index in [0.29, 0.717) is 55.4 Å². The summed E-state index contributed by atoms with van der Waals surface area (Å²) in [6.07, 6.45) is 2.57. The van der Waals surface area contributed by atoms with E-state index < -0.39 is 24.0 Å². The van der Waals surface area contributed by atoms with Crippen molar-refractivity contribution in [2.75, 3.05) is 39.3 Å². The quantitative estimate of drug-likeness (QED) is 0.123. The van der Waals surface area contributed by atoms with E-state index in [4.69, 9.17) is 42.1 Å². The number of carbonyl (C=O) groups is 2. The molecule has 5 rings (SSSR count). The highest BCUT2D eigenvalue weighted by Crippen LogP contribution is 2.36. The molecule has 1 amide bonds. The number of nitrogens with zero attached hydrogens (tertiary/aromatic N) is 3. The Bertz CT molecular complexity index is 1730. The second kappa shape index (κ2) is 15.3. The van der Waals surface area contributed by atoms with E-state index >= 15 is 0 Å². The average molecular weight is 704 g/mol. The summed E-state index contributed by atoms with van der Waals surface area (Å²) >= 11 is 14.3. The summed E-state index contributed by atoms with van der Waals surface area (Å²) in [6.45, 7) is 1.40. The predicted molar refractivity (Wildman–Crippen MR) is 178 cm³/mol. The van der Waals surface area contributed by atoms with Gasteiger partial charge >= 0.3 is 12.1 Å². The van der Waals surface area contributed by atoms with Crippen LogP contribution in [0.15, 0.2) is 67.0 Å². The first-order valence-electron chi connectivity index (χ1n) is 14.8. The van der Waals surface area contributed by atoms with Gasteiger partial charge in [0.2, 0.25) is 0 Å². The van der Waals surface area contributed by atoms with Gasteiger partial charge in [0.1, 0.15) is 40.0 Å². The zero-order valence-corrected chi connectivity index (χ0v) is 28.7. The molecular formula is C34H35Cl2FN3O6S+. The van der Waals surface area contributed by atoms with Crippen molar-refractivity contribution in [3.63, 3.8) is 0 Å². The molecule has 2 aromatic heterocycles. The Morgan fingerprint density at radius 3 is 2.45 bits per heavy atom. The number of likely N-dealkylation sites (tertiary alicyclic amines) is 1.